The smallest absolute Gasteiger partial charge is 0.251 e. The lowest BCUT2D eigenvalue weighted by Gasteiger charge is -2.26. The Kier molecular flexibility index (Phi) is 8.67. The monoisotopic (exact) mass is 483 g/mol. The van der Waals surface area contributed by atoms with Crippen LogP contribution < -0.4 is 11.1 Å². The number of nitrogens with one attached hydrogen (secondary N) is 1. The number of carbonyl (C=O) groups is 2. The third-order valence-electron chi connectivity index (χ3n) is 5.97. The summed E-state index contributed by atoms with van der Waals surface area (Å²) in [6, 6.07) is 20.1. The molecule has 0 aliphatic carbocycles. The Hall–Kier alpha value is -2.67. The summed E-state index contributed by atoms with van der Waals surface area (Å²) in [4.78, 5) is 29.0. The first-order chi connectivity index (χ1) is 15.6. The van der Waals surface area contributed by atoms with Gasteiger partial charge >= 0.3 is 0 Å². The molecule has 0 saturated carbocycles. The molecule has 2 aromatic carbocycles. The van der Waals surface area contributed by atoms with Crippen LogP contribution in [0.25, 0.3) is 0 Å². The van der Waals surface area contributed by atoms with Gasteiger partial charge in [0.1, 0.15) is 5.00 Å². The molecule has 0 unspecified atom stereocenters. The number of nitrogens with zero attached hydrogens (tertiary/aromatic N) is 1. The van der Waals surface area contributed by atoms with Crippen molar-refractivity contribution in [3.63, 3.8) is 0 Å². The quantitative estimate of drug-likeness (QED) is 0.462. The molecule has 5 nitrogen and oxygen atoms in total. The lowest BCUT2D eigenvalue weighted by molar-refractivity contribution is -0.116. The maximum atomic E-state index is 13.2. The van der Waals surface area contributed by atoms with Gasteiger partial charge in [0.25, 0.3) is 5.91 Å². The molecule has 2 heterocycles. The van der Waals surface area contributed by atoms with Crippen molar-refractivity contribution in [2.24, 2.45) is 5.73 Å². The Morgan fingerprint density at radius 3 is 2.21 bits per heavy atom. The first-order valence-electron chi connectivity index (χ1n) is 11.1. The number of amides is 2. The number of fused-ring (bicyclic) bond motifs is 1. The normalized spacial score (nSPS) is 13.3. The second-order valence-electron chi connectivity index (χ2n) is 8.22. The summed E-state index contributed by atoms with van der Waals surface area (Å²) < 4.78 is 0. The predicted octanol–water partition coefficient (Wildman–Crippen LogP) is 5.20. The summed E-state index contributed by atoms with van der Waals surface area (Å²) in [5, 5.41) is 3.61. The Morgan fingerprint density at radius 2 is 1.67 bits per heavy atom. The standard InChI is InChI=1S/C26H29N3O2S.ClH/c1-2-14-29-15-13-20-22(17-29)32-26(24(20)25(27)31)28-23(30)16-21(18-9-5-3-6-10-18)19-11-7-4-8-12-19;/h3-12,21H,2,13-17H2,1H3,(H2,27,31)(H,28,30);1H. The number of thiophene rings is 1. The molecule has 0 atom stereocenters. The van der Waals surface area contributed by atoms with Gasteiger partial charge in [-0.3, -0.25) is 14.5 Å². The molecule has 1 aliphatic rings. The molecule has 2 amide bonds. The van der Waals surface area contributed by atoms with E-state index in [9.17, 15) is 9.59 Å². The van der Waals surface area contributed by atoms with Crippen LogP contribution >= 0.6 is 23.7 Å². The molecule has 0 spiro atoms. The van der Waals surface area contributed by atoms with Crippen LogP contribution in [0.2, 0.25) is 0 Å². The van der Waals surface area contributed by atoms with Crippen LogP contribution in [0.1, 0.15) is 57.6 Å². The van der Waals surface area contributed by atoms with Crippen molar-refractivity contribution >= 4 is 40.6 Å². The first-order valence-corrected chi connectivity index (χ1v) is 11.9. The molecule has 3 aromatic rings. The minimum absolute atomic E-state index is 0. The second kappa shape index (κ2) is 11.5. The second-order valence-corrected chi connectivity index (χ2v) is 9.33. The average Bonchev–Trinajstić information content (AvgIpc) is 3.16. The molecule has 7 heteroatoms. The summed E-state index contributed by atoms with van der Waals surface area (Å²) in [6.45, 7) is 4.91. The number of hydrogen-bond acceptors (Lipinski definition) is 4. The molecule has 1 aromatic heterocycles. The Morgan fingerprint density at radius 1 is 1.06 bits per heavy atom. The van der Waals surface area contributed by atoms with E-state index in [-0.39, 0.29) is 30.7 Å². The van der Waals surface area contributed by atoms with Crippen LogP contribution in [0, 0.1) is 0 Å². The third-order valence-corrected chi connectivity index (χ3v) is 7.10. The molecule has 0 radical (unpaired) electrons. The fraction of sp³-hybridized carbons (Fsp3) is 0.308. The van der Waals surface area contributed by atoms with Crippen LogP contribution in [0.15, 0.2) is 60.7 Å². The van der Waals surface area contributed by atoms with E-state index < -0.39 is 5.91 Å². The lowest BCUT2D eigenvalue weighted by atomic mass is 9.88. The molecule has 4 rings (SSSR count). The van der Waals surface area contributed by atoms with Crippen molar-refractivity contribution in [1.82, 2.24) is 4.90 Å². The van der Waals surface area contributed by atoms with Gasteiger partial charge in [0, 0.05) is 30.3 Å². The van der Waals surface area contributed by atoms with Crippen molar-refractivity contribution in [3.05, 3.63) is 87.8 Å². The largest absolute Gasteiger partial charge is 0.365 e. The number of benzene rings is 2. The van der Waals surface area contributed by atoms with Gasteiger partial charge in [-0.1, -0.05) is 67.6 Å². The zero-order valence-corrected chi connectivity index (χ0v) is 20.4. The van der Waals surface area contributed by atoms with Gasteiger partial charge < -0.3 is 11.1 Å². The van der Waals surface area contributed by atoms with Gasteiger partial charge in [0.15, 0.2) is 0 Å². The minimum Gasteiger partial charge on any atom is -0.365 e. The molecule has 174 valence electrons. The van der Waals surface area contributed by atoms with E-state index in [1.807, 2.05) is 60.7 Å². The highest BCUT2D eigenvalue weighted by Gasteiger charge is 2.28. The number of rotatable bonds is 8. The van der Waals surface area contributed by atoms with E-state index in [1.165, 1.54) is 11.3 Å². The highest BCUT2D eigenvalue weighted by Crippen LogP contribution is 2.37. The van der Waals surface area contributed by atoms with E-state index in [0.29, 0.717) is 10.6 Å². The highest BCUT2D eigenvalue weighted by molar-refractivity contribution is 7.17. The Labute approximate surface area is 205 Å². The van der Waals surface area contributed by atoms with Crippen LogP contribution in [0.5, 0.6) is 0 Å². The van der Waals surface area contributed by atoms with Gasteiger partial charge in [-0.05, 0) is 36.1 Å². The van der Waals surface area contributed by atoms with Gasteiger partial charge in [0.05, 0.1) is 5.56 Å². The van der Waals surface area contributed by atoms with Gasteiger partial charge in [-0.25, -0.2) is 0 Å². The maximum absolute atomic E-state index is 13.2. The predicted molar refractivity (Wildman–Crippen MR) is 137 cm³/mol. The van der Waals surface area contributed by atoms with E-state index in [0.717, 1.165) is 54.0 Å². The van der Waals surface area contributed by atoms with Crippen molar-refractivity contribution in [2.75, 3.05) is 18.4 Å². The fourth-order valence-corrected chi connectivity index (χ4v) is 5.79. The average molecular weight is 484 g/mol. The van der Waals surface area contributed by atoms with E-state index in [4.69, 9.17) is 5.73 Å². The van der Waals surface area contributed by atoms with Crippen molar-refractivity contribution in [3.8, 4) is 0 Å². The molecular formula is C26H30ClN3O2S. The van der Waals surface area contributed by atoms with Crippen LogP contribution in [-0.2, 0) is 17.8 Å². The third kappa shape index (κ3) is 5.82. The summed E-state index contributed by atoms with van der Waals surface area (Å²) >= 11 is 1.49. The first kappa shape index (κ1) is 25.0. The molecule has 33 heavy (non-hydrogen) atoms. The Balaban J connectivity index is 0.00000306. The molecule has 1 aliphatic heterocycles. The molecule has 0 bridgehead atoms. The summed E-state index contributed by atoms with van der Waals surface area (Å²) in [7, 11) is 0. The van der Waals surface area contributed by atoms with Gasteiger partial charge in [0.2, 0.25) is 5.91 Å². The number of halogens is 1. The highest BCUT2D eigenvalue weighted by atomic mass is 35.5. The molecule has 3 N–H and O–H groups in total. The summed E-state index contributed by atoms with van der Waals surface area (Å²) in [5.41, 5.74) is 9.41. The Bertz CT molecular complexity index is 1050. The van der Waals surface area contributed by atoms with Crippen LogP contribution in [0.3, 0.4) is 0 Å². The zero-order chi connectivity index (χ0) is 22.5. The SMILES string of the molecule is CCCN1CCc2c(sc(NC(=O)CC(c3ccccc3)c3ccccc3)c2C(N)=O)C1.Cl. The molecule has 0 fully saturated rings. The topological polar surface area (TPSA) is 75.4 Å². The van der Waals surface area contributed by atoms with E-state index in [2.05, 4.69) is 17.1 Å². The van der Waals surface area contributed by atoms with Crippen molar-refractivity contribution < 1.29 is 9.59 Å². The summed E-state index contributed by atoms with van der Waals surface area (Å²) in [5.74, 6) is -0.650. The summed E-state index contributed by atoms with van der Waals surface area (Å²) in [6.07, 6.45) is 2.17. The van der Waals surface area contributed by atoms with Crippen LogP contribution in [0.4, 0.5) is 5.00 Å². The number of carbonyl (C=O) groups excluding carboxylic acids is 2. The van der Waals surface area contributed by atoms with Gasteiger partial charge in [-0.2, -0.15) is 0 Å². The van der Waals surface area contributed by atoms with Crippen molar-refractivity contribution in [2.45, 2.75) is 38.6 Å². The molecule has 0 saturated heterocycles. The van der Waals surface area contributed by atoms with Crippen molar-refractivity contribution in [1.29, 1.82) is 0 Å². The lowest BCUT2D eigenvalue weighted by Crippen LogP contribution is -2.31. The number of nitrogens with two attached hydrogens (primary N) is 1. The fourth-order valence-electron chi connectivity index (χ4n) is 4.47. The van der Waals surface area contributed by atoms with Crippen LogP contribution in [-0.4, -0.2) is 29.8 Å². The minimum atomic E-state index is -0.468. The number of primary amides is 1. The maximum Gasteiger partial charge on any atom is 0.251 e. The van der Waals surface area contributed by atoms with E-state index >= 15 is 0 Å². The van der Waals surface area contributed by atoms with Gasteiger partial charge in [-0.15, -0.1) is 23.7 Å². The number of anilines is 1. The zero-order valence-electron chi connectivity index (χ0n) is 18.8. The molecular weight excluding hydrogens is 454 g/mol. The number of hydrogen-bond donors (Lipinski definition) is 2. The van der Waals surface area contributed by atoms with E-state index in [1.54, 1.807) is 0 Å².